The van der Waals surface area contributed by atoms with Gasteiger partial charge in [-0.15, -0.1) is 11.3 Å². The van der Waals surface area contributed by atoms with Crippen LogP contribution in [0.1, 0.15) is 56.2 Å². The molecule has 5 nitrogen and oxygen atoms in total. The summed E-state index contributed by atoms with van der Waals surface area (Å²) in [6.07, 6.45) is 1.20. The highest BCUT2D eigenvalue weighted by atomic mass is 32.1. The minimum Gasteiger partial charge on any atom is -0.490 e. The molecule has 0 aliphatic heterocycles. The van der Waals surface area contributed by atoms with Crippen LogP contribution in [0.5, 0.6) is 5.75 Å². The highest BCUT2D eigenvalue weighted by molar-refractivity contribution is 7.14. The van der Waals surface area contributed by atoms with Crippen molar-refractivity contribution in [1.29, 1.82) is 0 Å². The van der Waals surface area contributed by atoms with Crippen LogP contribution in [0.25, 0.3) is 0 Å². The zero-order valence-corrected chi connectivity index (χ0v) is 19.4. The second-order valence-corrected chi connectivity index (χ2v) is 9.97. The number of carbonyl (C=O) groups excluding carboxylic acids is 1. The van der Waals surface area contributed by atoms with E-state index in [2.05, 4.69) is 26.1 Å². The lowest BCUT2D eigenvalue weighted by atomic mass is 9.93. The molecular formula is C24H33NO4S. The van der Waals surface area contributed by atoms with Gasteiger partial charge in [0.2, 0.25) is 0 Å². The van der Waals surface area contributed by atoms with Gasteiger partial charge in [-0.3, -0.25) is 4.79 Å². The molecule has 0 saturated heterocycles. The first-order valence-corrected chi connectivity index (χ1v) is 11.4. The number of carbonyl (C=O) groups is 1. The monoisotopic (exact) mass is 431 g/mol. The number of nitrogens with one attached hydrogen (secondary N) is 1. The Morgan fingerprint density at radius 2 is 1.83 bits per heavy atom. The van der Waals surface area contributed by atoms with Gasteiger partial charge in [0.05, 0.1) is 11.5 Å². The molecule has 3 rings (SSSR count). The predicted octanol–water partition coefficient (Wildman–Crippen LogP) is 3.71. The van der Waals surface area contributed by atoms with Crippen LogP contribution in [-0.2, 0) is 19.4 Å². The summed E-state index contributed by atoms with van der Waals surface area (Å²) in [6, 6.07) is 3.99. The van der Waals surface area contributed by atoms with E-state index in [-0.39, 0.29) is 19.1 Å². The van der Waals surface area contributed by atoms with Crippen LogP contribution in [0.3, 0.4) is 0 Å². The second-order valence-electron chi connectivity index (χ2n) is 8.75. The highest BCUT2D eigenvalue weighted by Gasteiger charge is 2.31. The Morgan fingerprint density at radius 1 is 1.20 bits per heavy atom. The summed E-state index contributed by atoms with van der Waals surface area (Å²) < 4.78 is 5.66. The van der Waals surface area contributed by atoms with Crippen molar-refractivity contribution in [2.45, 2.75) is 60.1 Å². The number of aliphatic hydroxyl groups is 2. The fraction of sp³-hybridized carbons (Fsp3) is 0.542. The number of thiophene rings is 1. The Morgan fingerprint density at radius 3 is 2.43 bits per heavy atom. The van der Waals surface area contributed by atoms with Crippen molar-refractivity contribution in [2.75, 3.05) is 13.2 Å². The van der Waals surface area contributed by atoms with Gasteiger partial charge in [-0.2, -0.15) is 0 Å². The number of aryl methyl sites for hydroxylation is 3. The summed E-state index contributed by atoms with van der Waals surface area (Å²) in [5.74, 6) is 1.98. The average molecular weight is 432 g/mol. The van der Waals surface area contributed by atoms with Gasteiger partial charge in [-0.25, -0.2) is 0 Å². The molecule has 0 radical (unpaired) electrons. The molecule has 1 heterocycles. The maximum atomic E-state index is 12.9. The second kappa shape index (κ2) is 9.50. The number of fused-ring (bicyclic) bond motifs is 1. The third-order valence-corrected chi connectivity index (χ3v) is 7.19. The van der Waals surface area contributed by atoms with Crippen molar-refractivity contribution in [1.82, 2.24) is 5.32 Å². The summed E-state index contributed by atoms with van der Waals surface area (Å²) in [4.78, 5) is 15.1. The number of rotatable bonds is 8. The number of hydrogen-bond acceptors (Lipinski definition) is 5. The first kappa shape index (κ1) is 22.8. The molecular weight excluding hydrogens is 398 g/mol. The minimum absolute atomic E-state index is 0.00968. The molecule has 1 amide bonds. The molecule has 6 heteroatoms. The molecule has 2 aromatic rings. The number of hydrogen-bond donors (Lipinski definition) is 3. The van der Waals surface area contributed by atoms with Gasteiger partial charge in [0.15, 0.2) is 0 Å². The zero-order chi connectivity index (χ0) is 22.0. The summed E-state index contributed by atoms with van der Waals surface area (Å²) in [5.41, 5.74) is 5.54. The minimum atomic E-state index is -0.894. The van der Waals surface area contributed by atoms with E-state index in [1.54, 1.807) is 11.3 Å². The van der Waals surface area contributed by atoms with E-state index < -0.39 is 6.10 Å². The van der Waals surface area contributed by atoms with Crippen molar-refractivity contribution in [3.63, 3.8) is 0 Å². The maximum absolute atomic E-state index is 12.9. The van der Waals surface area contributed by atoms with Crippen molar-refractivity contribution in [2.24, 2.45) is 11.8 Å². The van der Waals surface area contributed by atoms with E-state index in [0.717, 1.165) is 34.4 Å². The van der Waals surface area contributed by atoms with Crippen LogP contribution in [0, 0.1) is 32.6 Å². The lowest BCUT2D eigenvalue weighted by Gasteiger charge is -2.16. The standard InChI is InChI=1S/C24H33NO4S/c1-13(2)18-8-20-16(5)30-23(21(20)9-18)24(28)25-10-17-6-14(3)22(15(4)7-17)29-12-19(27)11-26/h6-7,13,18-19,26-27H,8-12H2,1-5H3,(H,25,28)/t18-,19-/m0/s1. The van der Waals surface area contributed by atoms with Crippen LogP contribution < -0.4 is 10.1 Å². The molecule has 1 aromatic heterocycles. The van der Waals surface area contributed by atoms with Gasteiger partial charge in [0.25, 0.3) is 5.91 Å². The van der Waals surface area contributed by atoms with E-state index >= 15 is 0 Å². The highest BCUT2D eigenvalue weighted by Crippen LogP contribution is 2.40. The summed E-state index contributed by atoms with van der Waals surface area (Å²) in [5, 5.41) is 21.5. The van der Waals surface area contributed by atoms with Crippen molar-refractivity contribution < 1.29 is 19.7 Å². The van der Waals surface area contributed by atoms with Crippen LogP contribution in [-0.4, -0.2) is 35.4 Å². The molecule has 164 valence electrons. The number of amides is 1. The first-order chi connectivity index (χ1) is 14.2. The van der Waals surface area contributed by atoms with Crippen LogP contribution in [0.2, 0.25) is 0 Å². The van der Waals surface area contributed by atoms with Crippen LogP contribution in [0.4, 0.5) is 0 Å². The van der Waals surface area contributed by atoms with Gasteiger partial charge in [-0.05, 0) is 73.3 Å². The van der Waals surface area contributed by atoms with Crippen molar-refractivity contribution in [3.05, 3.63) is 49.7 Å². The molecule has 0 fully saturated rings. The lowest BCUT2D eigenvalue weighted by Crippen LogP contribution is -2.23. The van der Waals surface area contributed by atoms with E-state index in [1.807, 2.05) is 26.0 Å². The largest absolute Gasteiger partial charge is 0.490 e. The average Bonchev–Trinajstić information content (AvgIpc) is 3.26. The molecule has 0 bridgehead atoms. The molecule has 0 unspecified atom stereocenters. The molecule has 1 aliphatic rings. The van der Waals surface area contributed by atoms with E-state index in [1.165, 1.54) is 16.0 Å². The zero-order valence-electron chi connectivity index (χ0n) is 18.5. The van der Waals surface area contributed by atoms with Gasteiger partial charge in [0.1, 0.15) is 18.5 Å². The van der Waals surface area contributed by atoms with E-state index in [9.17, 15) is 9.90 Å². The van der Waals surface area contributed by atoms with Crippen LogP contribution in [0.15, 0.2) is 12.1 Å². The van der Waals surface area contributed by atoms with Gasteiger partial charge < -0.3 is 20.3 Å². The third-order valence-electron chi connectivity index (χ3n) is 6.00. The molecule has 0 spiro atoms. The molecule has 2 atom stereocenters. The van der Waals surface area contributed by atoms with Crippen molar-refractivity contribution in [3.8, 4) is 5.75 Å². The molecule has 0 saturated carbocycles. The van der Waals surface area contributed by atoms with Gasteiger partial charge >= 0.3 is 0 Å². The summed E-state index contributed by atoms with van der Waals surface area (Å²) in [7, 11) is 0. The summed E-state index contributed by atoms with van der Waals surface area (Å²) >= 11 is 1.62. The molecule has 3 N–H and O–H groups in total. The quantitative estimate of drug-likeness (QED) is 0.595. The van der Waals surface area contributed by atoms with E-state index in [0.29, 0.717) is 24.1 Å². The van der Waals surface area contributed by atoms with Gasteiger partial charge in [0, 0.05) is 11.4 Å². The van der Waals surface area contributed by atoms with E-state index in [4.69, 9.17) is 9.84 Å². The first-order valence-electron chi connectivity index (χ1n) is 10.6. The SMILES string of the molecule is Cc1cc(CNC(=O)c2sc(C)c3c2C[C@@H](C(C)C)C3)cc(C)c1OC[C@@H](O)CO. The summed E-state index contributed by atoms with van der Waals surface area (Å²) in [6.45, 7) is 10.7. The topological polar surface area (TPSA) is 78.8 Å². The normalized spacial score (nSPS) is 16.6. The Labute approximate surface area is 183 Å². The number of aliphatic hydroxyl groups excluding tert-OH is 2. The van der Waals surface area contributed by atoms with Crippen molar-refractivity contribution >= 4 is 17.2 Å². The Kier molecular flexibility index (Phi) is 7.22. The smallest absolute Gasteiger partial charge is 0.261 e. The molecule has 1 aliphatic carbocycles. The fourth-order valence-electron chi connectivity index (χ4n) is 4.22. The predicted molar refractivity (Wildman–Crippen MR) is 120 cm³/mol. The Hall–Kier alpha value is -1.89. The molecule has 1 aromatic carbocycles. The lowest BCUT2D eigenvalue weighted by molar-refractivity contribution is 0.0531. The Bertz CT molecular complexity index is 895. The third kappa shape index (κ3) is 4.88. The maximum Gasteiger partial charge on any atom is 0.261 e. The van der Waals surface area contributed by atoms with Gasteiger partial charge in [-0.1, -0.05) is 26.0 Å². The number of benzene rings is 1. The van der Waals surface area contributed by atoms with Crippen LogP contribution >= 0.6 is 11.3 Å². The molecule has 30 heavy (non-hydrogen) atoms. The fourth-order valence-corrected chi connectivity index (χ4v) is 5.36. The Balaban J connectivity index is 1.67. The number of ether oxygens (including phenoxy) is 1.